The molecule has 0 N–H and O–H groups in total. The first-order valence-corrected chi connectivity index (χ1v) is 10.8. The molecule has 0 saturated carbocycles. The average molecular weight is 429 g/mol. The van der Waals surface area contributed by atoms with Crippen LogP contribution in [-0.2, 0) is 7.05 Å². The van der Waals surface area contributed by atoms with E-state index in [-0.39, 0.29) is 6.71 Å². The number of fused-ring (bicyclic) bond motifs is 2. The molecule has 6 heteroatoms. The van der Waals surface area contributed by atoms with E-state index in [9.17, 15) is 0 Å². The zero-order valence-electron chi connectivity index (χ0n) is 18.1. The predicted molar refractivity (Wildman–Crippen MR) is 131 cm³/mol. The Kier molecular flexibility index (Phi) is 4.69. The van der Waals surface area contributed by atoms with E-state index < -0.39 is 0 Å². The highest BCUT2D eigenvalue weighted by Crippen LogP contribution is 2.28. The van der Waals surface area contributed by atoms with Crippen molar-refractivity contribution < 1.29 is 9.47 Å². The van der Waals surface area contributed by atoms with Gasteiger partial charge in [-0.15, -0.1) is 0 Å². The molecule has 0 atom stereocenters. The molecule has 6 rings (SSSR count). The first kappa shape index (κ1) is 19.4. The Balaban J connectivity index is 1.48. The van der Waals surface area contributed by atoms with Crippen molar-refractivity contribution in [1.82, 2.24) is 14.5 Å². The molecule has 0 amide bonds. The molecule has 0 spiro atoms. The molecule has 33 heavy (non-hydrogen) atoms. The standard InChI is InChI=1S/C27H20BN3O2/c1-31-16-15-30-27(31)19-7-6-8-20(17-19)28-22-9-2-3-10-24(22)33-25-13-12-21(18-23(25)28)32-26-11-4-5-14-29-26/h2-18H,1H3. The number of hydrogen-bond donors (Lipinski definition) is 0. The lowest BCUT2D eigenvalue weighted by molar-refractivity contribution is 0.458. The SMILES string of the molecule is Cn1ccnc1-c1cccc(B2c3ccccc3Oc3ccc(Oc4ccccn4)cc32)c1. The lowest BCUT2D eigenvalue weighted by atomic mass is 9.35. The highest BCUT2D eigenvalue weighted by Gasteiger charge is 2.32. The quantitative estimate of drug-likeness (QED) is 0.399. The van der Waals surface area contributed by atoms with E-state index in [4.69, 9.17) is 9.47 Å². The Labute approximate surface area is 192 Å². The van der Waals surface area contributed by atoms with Gasteiger partial charge in [-0.2, -0.15) is 0 Å². The van der Waals surface area contributed by atoms with Crippen LogP contribution in [0.3, 0.4) is 0 Å². The summed E-state index contributed by atoms with van der Waals surface area (Å²) in [5.74, 6) is 3.92. The fourth-order valence-corrected chi connectivity index (χ4v) is 4.39. The molecular weight excluding hydrogens is 409 g/mol. The molecule has 3 aromatic carbocycles. The van der Waals surface area contributed by atoms with Crippen molar-refractivity contribution in [1.29, 1.82) is 0 Å². The average Bonchev–Trinajstić information content (AvgIpc) is 3.29. The molecule has 0 fully saturated rings. The number of imidazole rings is 1. The normalized spacial score (nSPS) is 12.0. The summed E-state index contributed by atoms with van der Waals surface area (Å²) in [5.41, 5.74) is 4.42. The molecule has 5 aromatic rings. The predicted octanol–water partition coefficient (Wildman–Crippen LogP) is 3.90. The maximum atomic E-state index is 6.27. The molecule has 3 heterocycles. The zero-order chi connectivity index (χ0) is 22.2. The van der Waals surface area contributed by atoms with Crippen molar-refractivity contribution in [3.8, 4) is 34.5 Å². The van der Waals surface area contributed by atoms with Gasteiger partial charge >= 0.3 is 0 Å². The van der Waals surface area contributed by atoms with Crippen LogP contribution < -0.4 is 25.9 Å². The van der Waals surface area contributed by atoms with Crippen LogP contribution in [0.15, 0.2) is 104 Å². The monoisotopic (exact) mass is 429 g/mol. The van der Waals surface area contributed by atoms with Crippen LogP contribution in [0.25, 0.3) is 11.4 Å². The van der Waals surface area contributed by atoms with E-state index in [0.29, 0.717) is 5.88 Å². The third kappa shape index (κ3) is 3.55. The number of pyridine rings is 1. The summed E-state index contributed by atoms with van der Waals surface area (Å²) >= 11 is 0. The van der Waals surface area contributed by atoms with Gasteiger partial charge in [-0.25, -0.2) is 9.97 Å². The number of para-hydroxylation sites is 1. The van der Waals surface area contributed by atoms with Gasteiger partial charge in [0.05, 0.1) is 0 Å². The summed E-state index contributed by atoms with van der Waals surface area (Å²) in [4.78, 5) is 8.82. The fourth-order valence-electron chi connectivity index (χ4n) is 4.39. The highest BCUT2D eigenvalue weighted by molar-refractivity contribution is 6.97. The Morgan fingerprint density at radius 3 is 2.52 bits per heavy atom. The van der Waals surface area contributed by atoms with Crippen molar-refractivity contribution in [2.24, 2.45) is 7.05 Å². The maximum absolute atomic E-state index is 6.27. The number of ether oxygens (including phenoxy) is 2. The highest BCUT2D eigenvalue weighted by atomic mass is 16.5. The van der Waals surface area contributed by atoms with Gasteiger partial charge in [0.15, 0.2) is 0 Å². The molecule has 2 aromatic heterocycles. The van der Waals surface area contributed by atoms with Gasteiger partial charge in [-0.3, -0.25) is 0 Å². The number of hydrogen-bond acceptors (Lipinski definition) is 4. The second kappa shape index (κ2) is 7.99. The Morgan fingerprint density at radius 2 is 1.67 bits per heavy atom. The Bertz CT molecular complexity index is 1450. The summed E-state index contributed by atoms with van der Waals surface area (Å²) in [6.45, 7) is -0.00236. The third-order valence-electron chi connectivity index (χ3n) is 5.90. The summed E-state index contributed by atoms with van der Waals surface area (Å²) in [6, 6.07) is 28.3. The zero-order valence-corrected chi connectivity index (χ0v) is 18.1. The number of rotatable bonds is 4. The van der Waals surface area contributed by atoms with Crippen molar-refractivity contribution >= 4 is 23.1 Å². The molecule has 1 aliphatic heterocycles. The van der Waals surface area contributed by atoms with E-state index in [1.807, 2.05) is 66.5 Å². The third-order valence-corrected chi connectivity index (χ3v) is 5.90. The summed E-state index contributed by atoms with van der Waals surface area (Å²) in [7, 11) is 2.01. The summed E-state index contributed by atoms with van der Waals surface area (Å²) < 4.78 is 14.3. The van der Waals surface area contributed by atoms with Gasteiger partial charge < -0.3 is 14.0 Å². The van der Waals surface area contributed by atoms with E-state index in [2.05, 4.69) is 52.4 Å². The topological polar surface area (TPSA) is 49.2 Å². The van der Waals surface area contributed by atoms with Crippen LogP contribution in [0.4, 0.5) is 0 Å². The molecule has 0 bridgehead atoms. The van der Waals surface area contributed by atoms with Gasteiger partial charge in [0.1, 0.15) is 23.1 Å². The van der Waals surface area contributed by atoms with E-state index in [1.54, 1.807) is 6.20 Å². The van der Waals surface area contributed by atoms with Crippen molar-refractivity contribution in [2.75, 3.05) is 0 Å². The van der Waals surface area contributed by atoms with E-state index >= 15 is 0 Å². The molecule has 158 valence electrons. The minimum atomic E-state index is -0.00236. The maximum Gasteiger partial charge on any atom is 0.251 e. The molecule has 0 saturated heterocycles. The number of aryl methyl sites for hydroxylation is 1. The molecule has 1 aliphatic rings. The number of benzene rings is 3. The minimum absolute atomic E-state index is 0.00236. The van der Waals surface area contributed by atoms with Gasteiger partial charge in [0.2, 0.25) is 5.88 Å². The number of aromatic nitrogens is 3. The van der Waals surface area contributed by atoms with Crippen molar-refractivity contribution in [2.45, 2.75) is 0 Å². The van der Waals surface area contributed by atoms with E-state index in [1.165, 1.54) is 5.46 Å². The molecule has 0 aliphatic carbocycles. The first-order valence-electron chi connectivity index (χ1n) is 10.8. The summed E-state index contributed by atoms with van der Waals surface area (Å²) in [5, 5.41) is 0. The Hall–Kier alpha value is -4.32. The fraction of sp³-hybridized carbons (Fsp3) is 0.0370. The molecular formula is C27H20BN3O2. The van der Waals surface area contributed by atoms with Crippen LogP contribution in [0.2, 0.25) is 0 Å². The van der Waals surface area contributed by atoms with Gasteiger partial charge in [-0.1, -0.05) is 54.0 Å². The molecule has 5 nitrogen and oxygen atoms in total. The van der Waals surface area contributed by atoms with Crippen LogP contribution in [0.5, 0.6) is 23.1 Å². The minimum Gasteiger partial charge on any atom is -0.458 e. The van der Waals surface area contributed by atoms with Crippen LogP contribution in [0.1, 0.15) is 0 Å². The van der Waals surface area contributed by atoms with Gasteiger partial charge in [-0.05, 0) is 41.3 Å². The second-order valence-corrected chi connectivity index (χ2v) is 8.03. The lowest BCUT2D eigenvalue weighted by Gasteiger charge is -2.27. The van der Waals surface area contributed by atoms with Crippen LogP contribution in [0, 0.1) is 0 Å². The first-order chi connectivity index (χ1) is 16.3. The van der Waals surface area contributed by atoms with Crippen molar-refractivity contribution in [3.63, 3.8) is 0 Å². The van der Waals surface area contributed by atoms with Crippen molar-refractivity contribution in [3.05, 3.63) is 104 Å². The summed E-state index contributed by atoms with van der Waals surface area (Å²) in [6.07, 6.45) is 5.50. The molecule has 0 unspecified atom stereocenters. The van der Waals surface area contributed by atoms with Gasteiger partial charge in [0.25, 0.3) is 6.71 Å². The molecule has 0 radical (unpaired) electrons. The smallest absolute Gasteiger partial charge is 0.251 e. The second-order valence-electron chi connectivity index (χ2n) is 8.03. The van der Waals surface area contributed by atoms with Gasteiger partial charge in [0, 0.05) is 37.3 Å². The number of nitrogens with zero attached hydrogens (tertiary/aromatic N) is 3. The largest absolute Gasteiger partial charge is 0.458 e. The Morgan fingerprint density at radius 1 is 0.788 bits per heavy atom. The van der Waals surface area contributed by atoms with Crippen LogP contribution in [-0.4, -0.2) is 21.2 Å². The lowest BCUT2D eigenvalue weighted by Crippen LogP contribution is -2.54. The van der Waals surface area contributed by atoms with Crippen LogP contribution >= 0.6 is 0 Å². The van der Waals surface area contributed by atoms with E-state index in [0.717, 1.165) is 39.6 Å².